The van der Waals surface area contributed by atoms with Gasteiger partial charge in [0, 0.05) is 11.6 Å². The highest BCUT2D eigenvalue weighted by molar-refractivity contribution is 5.94. The predicted octanol–water partition coefficient (Wildman–Crippen LogP) is 2.09. The summed E-state index contributed by atoms with van der Waals surface area (Å²) < 4.78 is 0. The molecule has 16 heavy (non-hydrogen) atoms. The van der Waals surface area contributed by atoms with E-state index >= 15 is 0 Å². The molecule has 0 aliphatic heterocycles. The Hall–Kier alpha value is -1.82. The summed E-state index contributed by atoms with van der Waals surface area (Å²) in [5.74, 6) is 0.555. The van der Waals surface area contributed by atoms with E-state index in [0.717, 1.165) is 0 Å². The number of hydrogen-bond donors (Lipinski definition) is 1. The molecular formula is C13H14N2O. The lowest BCUT2D eigenvalue weighted by Gasteiger charge is -2.12. The second-order valence-corrected chi connectivity index (χ2v) is 4.29. The Morgan fingerprint density at radius 1 is 1.56 bits per heavy atom. The summed E-state index contributed by atoms with van der Waals surface area (Å²) in [5.41, 5.74) is 1.08. The zero-order chi connectivity index (χ0) is 11.5. The molecule has 1 aromatic carbocycles. The molecule has 0 unspecified atom stereocenters. The van der Waals surface area contributed by atoms with Gasteiger partial charge in [0.1, 0.15) is 0 Å². The average molecular weight is 214 g/mol. The Morgan fingerprint density at radius 2 is 2.31 bits per heavy atom. The minimum atomic E-state index is -0.0866. The van der Waals surface area contributed by atoms with Crippen molar-refractivity contribution in [3.05, 3.63) is 35.4 Å². The van der Waals surface area contributed by atoms with E-state index < -0.39 is 0 Å². The normalized spacial score (nSPS) is 16.2. The molecule has 1 N–H and O–H groups in total. The van der Waals surface area contributed by atoms with E-state index in [0.29, 0.717) is 17.0 Å². The van der Waals surface area contributed by atoms with Crippen molar-refractivity contribution in [2.24, 2.45) is 5.92 Å². The molecule has 2 rings (SSSR count). The van der Waals surface area contributed by atoms with Crippen LogP contribution in [-0.4, -0.2) is 11.9 Å². The molecule has 3 heteroatoms. The number of carbonyl (C=O) groups is 1. The molecule has 1 aromatic rings. The third kappa shape index (κ3) is 2.40. The quantitative estimate of drug-likeness (QED) is 0.837. The first-order valence-corrected chi connectivity index (χ1v) is 5.51. The maximum atomic E-state index is 11.8. The Balaban J connectivity index is 2.05. The molecule has 0 spiro atoms. The van der Waals surface area contributed by atoms with E-state index in [1.54, 1.807) is 24.3 Å². The monoisotopic (exact) mass is 214 g/mol. The highest BCUT2D eigenvalue weighted by atomic mass is 16.1. The van der Waals surface area contributed by atoms with Crippen molar-refractivity contribution >= 4 is 5.91 Å². The Bertz CT molecular complexity index is 443. The molecule has 1 saturated carbocycles. The van der Waals surface area contributed by atoms with Crippen molar-refractivity contribution in [3.8, 4) is 6.07 Å². The lowest BCUT2D eigenvalue weighted by Crippen LogP contribution is -2.33. The first kappa shape index (κ1) is 10.7. The van der Waals surface area contributed by atoms with Gasteiger partial charge in [-0.2, -0.15) is 5.26 Å². The molecule has 0 bridgehead atoms. The molecule has 3 nitrogen and oxygen atoms in total. The number of nitrogens with zero attached hydrogens (tertiary/aromatic N) is 1. The van der Waals surface area contributed by atoms with Gasteiger partial charge in [0.05, 0.1) is 11.6 Å². The SMILES string of the molecule is C[C@H](NC(=O)c1cccc(C#N)c1)C1CC1. The van der Waals surface area contributed by atoms with E-state index in [9.17, 15) is 4.79 Å². The van der Waals surface area contributed by atoms with Crippen LogP contribution >= 0.6 is 0 Å². The van der Waals surface area contributed by atoms with Gasteiger partial charge in [0.25, 0.3) is 5.91 Å². The fourth-order valence-electron chi connectivity index (χ4n) is 1.73. The van der Waals surface area contributed by atoms with Gasteiger partial charge in [-0.05, 0) is 43.9 Å². The number of nitriles is 1. The molecule has 0 radical (unpaired) electrons. The number of amides is 1. The minimum Gasteiger partial charge on any atom is -0.349 e. The Labute approximate surface area is 95.1 Å². The van der Waals surface area contributed by atoms with E-state index in [1.807, 2.05) is 13.0 Å². The molecule has 0 saturated heterocycles. The van der Waals surface area contributed by atoms with Crippen LogP contribution in [0.4, 0.5) is 0 Å². The van der Waals surface area contributed by atoms with Gasteiger partial charge in [-0.3, -0.25) is 4.79 Å². The summed E-state index contributed by atoms with van der Waals surface area (Å²) >= 11 is 0. The van der Waals surface area contributed by atoms with Gasteiger partial charge in [-0.1, -0.05) is 6.07 Å². The van der Waals surface area contributed by atoms with Gasteiger partial charge >= 0.3 is 0 Å². The van der Waals surface area contributed by atoms with Crippen LogP contribution in [0.25, 0.3) is 0 Å². The highest BCUT2D eigenvalue weighted by Crippen LogP contribution is 2.32. The molecular weight excluding hydrogens is 200 g/mol. The average Bonchev–Trinajstić information content (AvgIpc) is 3.13. The summed E-state index contributed by atoms with van der Waals surface area (Å²) in [7, 11) is 0. The molecule has 1 amide bonds. The third-order valence-electron chi connectivity index (χ3n) is 2.94. The van der Waals surface area contributed by atoms with Crippen LogP contribution in [0.3, 0.4) is 0 Å². The van der Waals surface area contributed by atoms with Gasteiger partial charge in [-0.25, -0.2) is 0 Å². The first-order chi connectivity index (χ1) is 7.70. The van der Waals surface area contributed by atoms with E-state index in [1.165, 1.54) is 12.8 Å². The van der Waals surface area contributed by atoms with Crippen molar-refractivity contribution in [1.82, 2.24) is 5.32 Å². The smallest absolute Gasteiger partial charge is 0.251 e. The molecule has 0 heterocycles. The predicted molar refractivity (Wildman–Crippen MR) is 60.8 cm³/mol. The van der Waals surface area contributed by atoms with Crippen LogP contribution < -0.4 is 5.32 Å². The summed E-state index contributed by atoms with van der Waals surface area (Å²) in [5, 5.41) is 11.7. The highest BCUT2D eigenvalue weighted by Gasteiger charge is 2.28. The van der Waals surface area contributed by atoms with Crippen LogP contribution in [-0.2, 0) is 0 Å². The van der Waals surface area contributed by atoms with Gasteiger partial charge in [0.2, 0.25) is 0 Å². The second-order valence-electron chi connectivity index (χ2n) is 4.29. The lowest BCUT2D eigenvalue weighted by atomic mass is 10.1. The lowest BCUT2D eigenvalue weighted by molar-refractivity contribution is 0.0936. The fourth-order valence-corrected chi connectivity index (χ4v) is 1.73. The number of hydrogen-bond acceptors (Lipinski definition) is 2. The Kier molecular flexibility index (Phi) is 2.91. The summed E-state index contributed by atoms with van der Waals surface area (Å²) in [4.78, 5) is 11.8. The second kappa shape index (κ2) is 4.36. The molecule has 1 aliphatic carbocycles. The standard InChI is InChI=1S/C13H14N2O/c1-9(11-5-6-11)15-13(16)12-4-2-3-10(7-12)8-14/h2-4,7,9,11H,5-6H2,1H3,(H,15,16)/t9-/m0/s1. The van der Waals surface area contributed by atoms with Crippen molar-refractivity contribution in [3.63, 3.8) is 0 Å². The van der Waals surface area contributed by atoms with Gasteiger partial charge in [-0.15, -0.1) is 0 Å². The van der Waals surface area contributed by atoms with Gasteiger partial charge in [0.15, 0.2) is 0 Å². The topological polar surface area (TPSA) is 52.9 Å². The largest absolute Gasteiger partial charge is 0.349 e. The number of carbonyl (C=O) groups excluding carboxylic acids is 1. The zero-order valence-corrected chi connectivity index (χ0v) is 9.23. The van der Waals surface area contributed by atoms with E-state index in [2.05, 4.69) is 5.32 Å². The van der Waals surface area contributed by atoms with Crippen molar-refractivity contribution in [2.75, 3.05) is 0 Å². The summed E-state index contributed by atoms with van der Waals surface area (Å²) in [6.45, 7) is 2.03. The number of benzene rings is 1. The summed E-state index contributed by atoms with van der Waals surface area (Å²) in [6, 6.07) is 9.04. The van der Waals surface area contributed by atoms with Crippen LogP contribution in [0.2, 0.25) is 0 Å². The van der Waals surface area contributed by atoms with E-state index in [-0.39, 0.29) is 11.9 Å². The summed E-state index contributed by atoms with van der Waals surface area (Å²) in [6.07, 6.45) is 2.42. The molecule has 1 fully saturated rings. The molecule has 1 aliphatic rings. The maximum absolute atomic E-state index is 11.8. The molecule has 0 aromatic heterocycles. The van der Waals surface area contributed by atoms with Crippen molar-refractivity contribution in [2.45, 2.75) is 25.8 Å². The minimum absolute atomic E-state index is 0.0866. The van der Waals surface area contributed by atoms with Crippen LogP contribution in [0, 0.1) is 17.2 Å². The third-order valence-corrected chi connectivity index (χ3v) is 2.94. The molecule has 82 valence electrons. The van der Waals surface area contributed by atoms with Crippen molar-refractivity contribution < 1.29 is 4.79 Å². The fraction of sp³-hybridized carbons (Fsp3) is 0.385. The van der Waals surface area contributed by atoms with E-state index in [4.69, 9.17) is 5.26 Å². The molecule has 1 atom stereocenters. The van der Waals surface area contributed by atoms with Gasteiger partial charge < -0.3 is 5.32 Å². The van der Waals surface area contributed by atoms with Crippen molar-refractivity contribution in [1.29, 1.82) is 5.26 Å². The van der Waals surface area contributed by atoms with Crippen LogP contribution in [0.15, 0.2) is 24.3 Å². The number of nitrogens with one attached hydrogen (secondary N) is 1. The maximum Gasteiger partial charge on any atom is 0.251 e. The Morgan fingerprint density at radius 3 is 2.94 bits per heavy atom. The van der Waals surface area contributed by atoms with Crippen LogP contribution in [0.1, 0.15) is 35.7 Å². The number of rotatable bonds is 3. The zero-order valence-electron chi connectivity index (χ0n) is 9.23. The first-order valence-electron chi connectivity index (χ1n) is 5.51. The van der Waals surface area contributed by atoms with Crippen LogP contribution in [0.5, 0.6) is 0 Å².